The molecule has 40 heavy (non-hydrogen) atoms. The van der Waals surface area contributed by atoms with Crippen LogP contribution in [0.3, 0.4) is 0 Å². The third kappa shape index (κ3) is 6.28. The van der Waals surface area contributed by atoms with Crippen molar-refractivity contribution in [1.82, 2.24) is 25.1 Å². The minimum absolute atomic E-state index is 0.0880. The summed E-state index contributed by atoms with van der Waals surface area (Å²) in [5.74, 6) is 0.985. The Hall–Kier alpha value is -3.91. The van der Waals surface area contributed by atoms with Crippen molar-refractivity contribution in [3.05, 3.63) is 41.9 Å². The molecular formula is C29H34FN7O3. The fourth-order valence-corrected chi connectivity index (χ4v) is 5.13. The number of nitriles is 1. The molecule has 11 heteroatoms. The highest BCUT2D eigenvalue weighted by molar-refractivity contribution is 5.99. The van der Waals surface area contributed by atoms with E-state index in [1.165, 1.54) is 30.9 Å². The topological polar surface area (TPSA) is 146 Å². The molecule has 0 aromatic carbocycles. The van der Waals surface area contributed by atoms with Crippen LogP contribution >= 0.6 is 0 Å². The van der Waals surface area contributed by atoms with Gasteiger partial charge in [0, 0.05) is 42.2 Å². The number of halogens is 1. The molecule has 1 atom stereocenters. The number of Topliss-reactive ketones (excluding diaryl/α,β-unsaturated/α-hetero) is 1. The maximum Gasteiger partial charge on any atom is 0.255 e. The van der Waals surface area contributed by atoms with E-state index in [1.807, 2.05) is 0 Å². The monoisotopic (exact) mass is 547 g/mol. The van der Waals surface area contributed by atoms with Crippen LogP contribution in [0.1, 0.15) is 74.7 Å². The van der Waals surface area contributed by atoms with Gasteiger partial charge in [-0.05, 0) is 64.4 Å². The molecule has 3 aromatic rings. The van der Waals surface area contributed by atoms with Crippen molar-refractivity contribution in [2.24, 2.45) is 11.8 Å². The van der Waals surface area contributed by atoms with Gasteiger partial charge in [-0.2, -0.15) is 15.0 Å². The molecule has 0 saturated heterocycles. The van der Waals surface area contributed by atoms with Gasteiger partial charge in [-0.15, -0.1) is 0 Å². The zero-order valence-corrected chi connectivity index (χ0v) is 22.7. The highest BCUT2D eigenvalue weighted by Gasteiger charge is 2.32. The van der Waals surface area contributed by atoms with Gasteiger partial charge >= 0.3 is 0 Å². The van der Waals surface area contributed by atoms with E-state index in [2.05, 4.69) is 31.8 Å². The molecule has 0 bridgehead atoms. The van der Waals surface area contributed by atoms with Crippen LogP contribution in [-0.2, 0) is 4.79 Å². The number of hydrogen-bond acceptors (Lipinski definition) is 8. The first-order valence-corrected chi connectivity index (χ1v) is 13.8. The minimum atomic E-state index is -1.64. The fourth-order valence-electron chi connectivity index (χ4n) is 5.13. The van der Waals surface area contributed by atoms with Crippen molar-refractivity contribution in [1.29, 1.82) is 5.26 Å². The third-order valence-electron chi connectivity index (χ3n) is 7.83. The second kappa shape index (κ2) is 11.3. The lowest BCUT2D eigenvalue weighted by Gasteiger charge is -2.30. The molecule has 2 fully saturated rings. The zero-order chi connectivity index (χ0) is 28.4. The van der Waals surface area contributed by atoms with Gasteiger partial charge in [0.15, 0.2) is 11.5 Å². The Kier molecular flexibility index (Phi) is 7.81. The normalized spacial score (nSPS) is 20.1. The van der Waals surface area contributed by atoms with Crippen LogP contribution in [0, 0.1) is 23.2 Å². The molecule has 2 aliphatic rings. The molecule has 10 nitrogen and oxygen atoms in total. The zero-order valence-electron chi connectivity index (χ0n) is 22.7. The summed E-state index contributed by atoms with van der Waals surface area (Å²) in [5.41, 5.74) is 0.113. The maximum absolute atomic E-state index is 14.3. The average molecular weight is 548 g/mol. The van der Waals surface area contributed by atoms with E-state index in [1.54, 1.807) is 18.3 Å². The molecule has 0 unspecified atom stereocenters. The molecule has 3 aromatic heterocycles. The number of amides is 1. The Morgan fingerprint density at radius 1 is 1.15 bits per heavy atom. The predicted octanol–water partition coefficient (Wildman–Crippen LogP) is 3.87. The number of carbonyl (C=O) groups excluding carboxylic acids is 2. The van der Waals surface area contributed by atoms with Crippen molar-refractivity contribution < 1.29 is 19.1 Å². The molecular weight excluding hydrogens is 513 g/mol. The Morgan fingerprint density at radius 2 is 1.90 bits per heavy atom. The summed E-state index contributed by atoms with van der Waals surface area (Å²) < 4.78 is 15.9. The van der Waals surface area contributed by atoms with E-state index >= 15 is 0 Å². The number of rotatable bonds is 10. The molecule has 2 saturated carbocycles. The number of hydrogen-bond donors (Lipinski definition) is 3. The van der Waals surface area contributed by atoms with E-state index in [0.717, 1.165) is 38.5 Å². The first-order valence-electron chi connectivity index (χ1n) is 13.8. The Balaban J connectivity index is 1.37. The van der Waals surface area contributed by atoms with Crippen molar-refractivity contribution in [2.45, 2.75) is 76.6 Å². The molecule has 2 aliphatic carbocycles. The van der Waals surface area contributed by atoms with Crippen LogP contribution in [0.25, 0.3) is 16.9 Å². The molecule has 3 heterocycles. The van der Waals surface area contributed by atoms with Crippen molar-refractivity contribution in [2.75, 3.05) is 11.9 Å². The number of alkyl halides is 1. The number of carbonyl (C=O) groups is 2. The van der Waals surface area contributed by atoms with Gasteiger partial charge in [-0.3, -0.25) is 9.59 Å². The van der Waals surface area contributed by atoms with Crippen LogP contribution in [-0.4, -0.2) is 60.9 Å². The summed E-state index contributed by atoms with van der Waals surface area (Å²) in [7, 11) is 0. The molecule has 5 rings (SSSR count). The quantitative estimate of drug-likeness (QED) is 0.347. The van der Waals surface area contributed by atoms with Crippen LogP contribution in [0.4, 0.5) is 10.1 Å². The lowest BCUT2D eigenvalue weighted by Crippen LogP contribution is -2.42. The maximum atomic E-state index is 14.3. The number of aromatic nitrogens is 4. The molecule has 1 amide bonds. The number of pyridine rings is 2. The van der Waals surface area contributed by atoms with Crippen LogP contribution < -0.4 is 10.6 Å². The first-order chi connectivity index (χ1) is 19.1. The number of nitrogens with zero attached hydrogens (tertiary/aromatic N) is 5. The second-order valence-electron chi connectivity index (χ2n) is 11.5. The standard InChI is InChI=1S/C29H34FN7O3/c1-29(2,40)25(30)16-34-28(39)22-15-32-26(37-27-20(14-35-37)9-18(12-31)13-33-27)11-23(22)36-21-7-3-17(4-8-21)10-24(38)19-5-6-19/h9,11,13-15,17,19,21,25,40H,3-8,10,16H2,1-2H3,(H,32,36)(H,34,39)/t17?,21?,25-/m1/s1. The molecule has 0 spiro atoms. The van der Waals surface area contributed by atoms with Crippen LogP contribution in [0.5, 0.6) is 0 Å². The Morgan fingerprint density at radius 3 is 2.58 bits per heavy atom. The first kappa shape index (κ1) is 27.6. The number of fused-ring (bicyclic) bond motifs is 1. The van der Waals surface area contributed by atoms with E-state index in [-0.39, 0.29) is 24.1 Å². The number of ketones is 1. The van der Waals surface area contributed by atoms with Crippen LogP contribution in [0.15, 0.2) is 30.7 Å². The summed E-state index contributed by atoms with van der Waals surface area (Å²) in [5, 5.41) is 30.2. The van der Waals surface area contributed by atoms with Crippen molar-refractivity contribution in [3.8, 4) is 11.9 Å². The van der Waals surface area contributed by atoms with Gasteiger partial charge in [0.1, 0.15) is 18.0 Å². The minimum Gasteiger partial charge on any atom is -0.387 e. The van der Waals surface area contributed by atoms with Gasteiger partial charge in [0.05, 0.1) is 35.2 Å². The smallest absolute Gasteiger partial charge is 0.255 e. The second-order valence-corrected chi connectivity index (χ2v) is 11.5. The molecule has 0 radical (unpaired) electrons. The van der Waals surface area contributed by atoms with Gasteiger partial charge in [0.2, 0.25) is 0 Å². The Bertz CT molecular complexity index is 1450. The highest BCUT2D eigenvalue weighted by Crippen LogP contribution is 2.36. The molecule has 3 N–H and O–H groups in total. The highest BCUT2D eigenvalue weighted by atomic mass is 19.1. The average Bonchev–Trinajstić information content (AvgIpc) is 3.71. The van der Waals surface area contributed by atoms with Gasteiger partial charge < -0.3 is 15.7 Å². The SMILES string of the molecule is CC(C)(O)[C@H](F)CNC(=O)c1cnc(-n2ncc3cc(C#N)cnc32)cc1NC1CCC(CC(=O)C2CC2)CC1. The summed E-state index contributed by atoms with van der Waals surface area (Å²) >= 11 is 0. The predicted molar refractivity (Wildman–Crippen MR) is 147 cm³/mol. The lowest BCUT2D eigenvalue weighted by molar-refractivity contribution is -0.121. The summed E-state index contributed by atoms with van der Waals surface area (Å²) in [6.07, 6.45) is 9.13. The third-order valence-corrected chi connectivity index (χ3v) is 7.83. The number of anilines is 1. The van der Waals surface area contributed by atoms with Crippen LogP contribution in [0.2, 0.25) is 0 Å². The van der Waals surface area contributed by atoms with E-state index < -0.39 is 17.7 Å². The summed E-state index contributed by atoms with van der Waals surface area (Å²) in [4.78, 5) is 34.2. The van der Waals surface area contributed by atoms with E-state index in [9.17, 15) is 24.3 Å². The Labute approximate surface area is 232 Å². The van der Waals surface area contributed by atoms with E-state index in [4.69, 9.17) is 0 Å². The molecule has 210 valence electrons. The summed E-state index contributed by atoms with van der Waals surface area (Å²) in [6, 6.07) is 5.56. The summed E-state index contributed by atoms with van der Waals surface area (Å²) in [6.45, 7) is 2.35. The van der Waals surface area contributed by atoms with Gasteiger partial charge in [-0.1, -0.05) is 0 Å². The lowest BCUT2D eigenvalue weighted by atomic mass is 9.82. The number of aliphatic hydroxyl groups is 1. The van der Waals surface area contributed by atoms with Gasteiger partial charge in [0.25, 0.3) is 5.91 Å². The van der Waals surface area contributed by atoms with E-state index in [0.29, 0.717) is 46.2 Å². The number of nitrogens with one attached hydrogen (secondary N) is 2. The largest absolute Gasteiger partial charge is 0.387 e. The molecule has 0 aliphatic heterocycles. The fraction of sp³-hybridized carbons (Fsp3) is 0.517. The van der Waals surface area contributed by atoms with Gasteiger partial charge in [-0.25, -0.2) is 14.4 Å². The van der Waals surface area contributed by atoms with Crippen molar-refractivity contribution >= 4 is 28.4 Å². The van der Waals surface area contributed by atoms with Crippen molar-refractivity contribution in [3.63, 3.8) is 0 Å².